The molecule has 4 heteroatoms. The maximum absolute atomic E-state index is 10.8. The molecule has 0 saturated heterocycles. The SMILES string of the molecule is Cc1sccc1-c1cncc(C(=O)O)c1. The second-order valence-corrected chi connectivity index (χ2v) is 4.28. The van der Waals surface area contributed by atoms with Crippen molar-refractivity contribution in [3.05, 3.63) is 40.3 Å². The molecule has 1 N–H and O–H groups in total. The molecule has 0 saturated carbocycles. The summed E-state index contributed by atoms with van der Waals surface area (Å²) in [6.45, 7) is 2.01. The Hall–Kier alpha value is -1.68. The van der Waals surface area contributed by atoms with E-state index in [0.717, 1.165) is 11.1 Å². The summed E-state index contributed by atoms with van der Waals surface area (Å²) in [4.78, 5) is 15.9. The van der Waals surface area contributed by atoms with Crippen LogP contribution in [-0.2, 0) is 0 Å². The molecule has 3 nitrogen and oxygen atoms in total. The van der Waals surface area contributed by atoms with E-state index < -0.39 is 5.97 Å². The zero-order valence-corrected chi connectivity index (χ0v) is 8.91. The molecule has 76 valence electrons. The molecule has 2 aromatic rings. The second kappa shape index (κ2) is 3.82. The van der Waals surface area contributed by atoms with Crippen LogP contribution in [0.15, 0.2) is 29.9 Å². The van der Waals surface area contributed by atoms with Crippen LogP contribution in [0.4, 0.5) is 0 Å². The summed E-state index contributed by atoms with van der Waals surface area (Å²) in [5.74, 6) is -0.947. The summed E-state index contributed by atoms with van der Waals surface area (Å²) in [5.41, 5.74) is 2.13. The van der Waals surface area contributed by atoms with E-state index in [1.807, 2.05) is 18.4 Å². The molecule has 0 radical (unpaired) electrons. The number of hydrogen-bond acceptors (Lipinski definition) is 3. The molecule has 0 aliphatic rings. The zero-order valence-electron chi connectivity index (χ0n) is 8.10. The molecule has 2 aromatic heterocycles. The predicted molar refractivity (Wildman–Crippen MR) is 59.2 cm³/mol. The van der Waals surface area contributed by atoms with Gasteiger partial charge >= 0.3 is 5.97 Å². The number of aryl methyl sites for hydroxylation is 1. The Morgan fingerprint density at radius 3 is 2.87 bits per heavy atom. The van der Waals surface area contributed by atoms with E-state index >= 15 is 0 Å². The van der Waals surface area contributed by atoms with E-state index in [0.29, 0.717) is 0 Å². The summed E-state index contributed by atoms with van der Waals surface area (Å²) in [6.07, 6.45) is 3.04. The number of carboxylic acids is 1. The van der Waals surface area contributed by atoms with Crippen molar-refractivity contribution in [2.24, 2.45) is 0 Å². The van der Waals surface area contributed by atoms with Gasteiger partial charge in [0.25, 0.3) is 0 Å². The maximum atomic E-state index is 10.8. The molecule has 2 heterocycles. The lowest BCUT2D eigenvalue weighted by Crippen LogP contribution is -1.97. The van der Waals surface area contributed by atoms with Crippen LogP contribution in [0.25, 0.3) is 11.1 Å². The summed E-state index contributed by atoms with van der Waals surface area (Å²) in [6, 6.07) is 3.62. The van der Waals surface area contributed by atoms with Gasteiger partial charge in [-0.1, -0.05) is 0 Å². The Kier molecular flexibility index (Phi) is 2.51. The third kappa shape index (κ3) is 1.89. The lowest BCUT2D eigenvalue weighted by atomic mass is 10.1. The van der Waals surface area contributed by atoms with Crippen LogP contribution < -0.4 is 0 Å². The highest BCUT2D eigenvalue weighted by atomic mass is 32.1. The minimum Gasteiger partial charge on any atom is -0.478 e. The summed E-state index contributed by atoms with van der Waals surface area (Å²) in [7, 11) is 0. The first-order valence-corrected chi connectivity index (χ1v) is 5.29. The number of aromatic carboxylic acids is 1. The molecule has 0 amide bonds. The summed E-state index contributed by atoms with van der Waals surface area (Å²) < 4.78 is 0. The van der Waals surface area contributed by atoms with Crippen molar-refractivity contribution in [1.82, 2.24) is 4.98 Å². The Labute approximate surface area is 91.0 Å². The van der Waals surface area contributed by atoms with Gasteiger partial charge in [0.1, 0.15) is 0 Å². The van der Waals surface area contributed by atoms with Crippen molar-refractivity contribution in [2.45, 2.75) is 6.92 Å². The molecule has 15 heavy (non-hydrogen) atoms. The fourth-order valence-electron chi connectivity index (χ4n) is 1.39. The van der Waals surface area contributed by atoms with E-state index in [-0.39, 0.29) is 5.56 Å². The highest BCUT2D eigenvalue weighted by Gasteiger charge is 2.07. The van der Waals surface area contributed by atoms with Crippen LogP contribution in [0.5, 0.6) is 0 Å². The van der Waals surface area contributed by atoms with Gasteiger partial charge in [0.2, 0.25) is 0 Å². The smallest absolute Gasteiger partial charge is 0.337 e. The van der Waals surface area contributed by atoms with Gasteiger partial charge in [-0.3, -0.25) is 4.98 Å². The number of thiophene rings is 1. The van der Waals surface area contributed by atoms with Crippen molar-refractivity contribution < 1.29 is 9.90 Å². The van der Waals surface area contributed by atoms with Gasteiger partial charge in [-0.2, -0.15) is 0 Å². The van der Waals surface area contributed by atoms with Crippen molar-refractivity contribution in [3.63, 3.8) is 0 Å². The fraction of sp³-hybridized carbons (Fsp3) is 0.0909. The molecule has 0 aromatic carbocycles. The lowest BCUT2D eigenvalue weighted by Gasteiger charge is -2.00. The second-order valence-electron chi connectivity index (χ2n) is 3.16. The molecule has 0 spiro atoms. The molecule has 0 aliphatic carbocycles. The standard InChI is InChI=1S/C11H9NO2S/c1-7-10(2-3-15-7)8-4-9(11(13)14)6-12-5-8/h2-6H,1H3,(H,13,14). The monoisotopic (exact) mass is 219 g/mol. The van der Waals surface area contributed by atoms with E-state index in [1.165, 1.54) is 11.1 Å². The first-order chi connectivity index (χ1) is 7.18. The van der Waals surface area contributed by atoms with Gasteiger partial charge in [-0.05, 0) is 30.0 Å². The first-order valence-electron chi connectivity index (χ1n) is 4.41. The van der Waals surface area contributed by atoms with Crippen LogP contribution >= 0.6 is 11.3 Å². The number of carboxylic acid groups (broad SMARTS) is 1. The van der Waals surface area contributed by atoms with E-state index in [9.17, 15) is 4.79 Å². The van der Waals surface area contributed by atoms with Crippen LogP contribution in [-0.4, -0.2) is 16.1 Å². The largest absolute Gasteiger partial charge is 0.478 e. The molecule has 0 atom stereocenters. The van der Waals surface area contributed by atoms with Crippen molar-refractivity contribution in [1.29, 1.82) is 0 Å². The number of hydrogen-bond donors (Lipinski definition) is 1. The quantitative estimate of drug-likeness (QED) is 0.844. The fourth-order valence-corrected chi connectivity index (χ4v) is 2.11. The van der Waals surface area contributed by atoms with Gasteiger partial charge in [-0.15, -0.1) is 11.3 Å². The molecule has 2 rings (SSSR count). The van der Waals surface area contributed by atoms with Gasteiger partial charge < -0.3 is 5.11 Å². The van der Waals surface area contributed by atoms with Gasteiger partial charge in [0.15, 0.2) is 0 Å². The Balaban J connectivity index is 2.50. The number of aromatic nitrogens is 1. The van der Waals surface area contributed by atoms with Crippen LogP contribution in [0, 0.1) is 6.92 Å². The van der Waals surface area contributed by atoms with Gasteiger partial charge in [0.05, 0.1) is 5.56 Å². The topological polar surface area (TPSA) is 50.2 Å². The molecular formula is C11H9NO2S. The van der Waals surface area contributed by atoms with Crippen molar-refractivity contribution in [2.75, 3.05) is 0 Å². The van der Waals surface area contributed by atoms with E-state index in [1.54, 1.807) is 23.6 Å². The Morgan fingerprint density at radius 2 is 2.27 bits per heavy atom. The predicted octanol–water partition coefficient (Wildman–Crippen LogP) is 2.82. The normalized spacial score (nSPS) is 10.2. The highest BCUT2D eigenvalue weighted by molar-refractivity contribution is 7.10. The molecule has 0 unspecified atom stereocenters. The molecule has 0 bridgehead atoms. The van der Waals surface area contributed by atoms with Crippen LogP contribution in [0.2, 0.25) is 0 Å². The van der Waals surface area contributed by atoms with Crippen LogP contribution in [0.3, 0.4) is 0 Å². The van der Waals surface area contributed by atoms with E-state index in [2.05, 4.69) is 4.98 Å². The first kappa shape index (κ1) is 9.86. The molecule has 0 fully saturated rings. The average Bonchev–Trinajstić information content (AvgIpc) is 2.64. The zero-order chi connectivity index (χ0) is 10.8. The summed E-state index contributed by atoms with van der Waals surface area (Å²) >= 11 is 1.64. The number of carbonyl (C=O) groups is 1. The molecular weight excluding hydrogens is 210 g/mol. The third-order valence-electron chi connectivity index (χ3n) is 2.16. The number of rotatable bonds is 2. The maximum Gasteiger partial charge on any atom is 0.337 e. The summed E-state index contributed by atoms with van der Waals surface area (Å²) in [5, 5.41) is 10.8. The number of nitrogens with zero attached hydrogens (tertiary/aromatic N) is 1. The Bertz CT molecular complexity index is 505. The van der Waals surface area contributed by atoms with Crippen molar-refractivity contribution in [3.8, 4) is 11.1 Å². The molecule has 0 aliphatic heterocycles. The third-order valence-corrected chi connectivity index (χ3v) is 3.00. The highest BCUT2D eigenvalue weighted by Crippen LogP contribution is 2.27. The van der Waals surface area contributed by atoms with Gasteiger partial charge in [0, 0.05) is 22.8 Å². The minimum atomic E-state index is -0.947. The number of pyridine rings is 1. The van der Waals surface area contributed by atoms with E-state index in [4.69, 9.17) is 5.11 Å². The van der Waals surface area contributed by atoms with Crippen molar-refractivity contribution >= 4 is 17.3 Å². The van der Waals surface area contributed by atoms with Gasteiger partial charge in [-0.25, -0.2) is 4.79 Å². The minimum absolute atomic E-state index is 0.220. The Morgan fingerprint density at radius 1 is 1.47 bits per heavy atom. The average molecular weight is 219 g/mol. The lowest BCUT2D eigenvalue weighted by molar-refractivity contribution is 0.0696. The van der Waals surface area contributed by atoms with Crippen LogP contribution in [0.1, 0.15) is 15.2 Å².